The van der Waals surface area contributed by atoms with E-state index in [1.807, 2.05) is 38.1 Å². The summed E-state index contributed by atoms with van der Waals surface area (Å²) in [5.41, 5.74) is 2.40. The minimum absolute atomic E-state index is 0.142. The smallest absolute Gasteiger partial charge is 0.270 e. The maximum atomic E-state index is 14.0. The number of anilines is 1. The average Bonchev–Trinajstić information content (AvgIpc) is 3.06. The minimum atomic E-state index is -0.759. The van der Waals surface area contributed by atoms with Crippen molar-refractivity contribution in [3.63, 3.8) is 0 Å². The number of hydrogen-bond donors (Lipinski definition) is 0. The summed E-state index contributed by atoms with van der Waals surface area (Å²) in [7, 11) is 0. The number of aromatic nitrogens is 2. The Morgan fingerprint density at radius 2 is 2.03 bits per heavy atom. The van der Waals surface area contributed by atoms with Gasteiger partial charge in [0.1, 0.15) is 0 Å². The van der Waals surface area contributed by atoms with E-state index in [4.69, 9.17) is 33.3 Å². The Morgan fingerprint density at radius 1 is 1.24 bits per heavy atom. The van der Waals surface area contributed by atoms with E-state index < -0.39 is 5.82 Å². The maximum Gasteiger partial charge on any atom is 0.270 e. The van der Waals surface area contributed by atoms with Gasteiger partial charge >= 0.3 is 0 Å². The SMILES string of the molecule is CCOc1cc(/C=C2/SC(=S)N(c3ccccc3C)C2=O)ccc1Oc1nc(Cl)ncc1F. The van der Waals surface area contributed by atoms with Gasteiger partial charge < -0.3 is 9.47 Å². The lowest BCUT2D eigenvalue weighted by molar-refractivity contribution is -0.113. The van der Waals surface area contributed by atoms with Crippen LogP contribution in [0.3, 0.4) is 0 Å². The van der Waals surface area contributed by atoms with Gasteiger partial charge in [0.25, 0.3) is 11.8 Å². The van der Waals surface area contributed by atoms with Crippen molar-refractivity contribution in [1.29, 1.82) is 0 Å². The van der Waals surface area contributed by atoms with Crippen molar-refractivity contribution in [2.45, 2.75) is 13.8 Å². The summed E-state index contributed by atoms with van der Waals surface area (Å²) in [5.74, 6) is -0.672. The van der Waals surface area contributed by atoms with Crippen molar-refractivity contribution in [2.24, 2.45) is 0 Å². The van der Waals surface area contributed by atoms with Gasteiger partial charge in [0, 0.05) is 0 Å². The van der Waals surface area contributed by atoms with E-state index in [9.17, 15) is 9.18 Å². The Kier molecular flexibility index (Phi) is 6.92. The Bertz CT molecular complexity index is 1290. The molecule has 1 aromatic heterocycles. The molecule has 1 amide bonds. The van der Waals surface area contributed by atoms with E-state index in [2.05, 4.69) is 9.97 Å². The number of para-hydroxylation sites is 1. The Hall–Kier alpha value is -3.01. The van der Waals surface area contributed by atoms with E-state index in [1.165, 1.54) is 16.7 Å². The molecule has 2 aromatic carbocycles. The largest absolute Gasteiger partial charge is 0.490 e. The van der Waals surface area contributed by atoms with Crippen LogP contribution in [0.25, 0.3) is 6.08 Å². The molecule has 1 aliphatic rings. The van der Waals surface area contributed by atoms with Gasteiger partial charge in [-0.05, 0) is 60.9 Å². The summed E-state index contributed by atoms with van der Waals surface area (Å²) >= 11 is 12.4. The van der Waals surface area contributed by atoms with Gasteiger partial charge in [-0.3, -0.25) is 9.69 Å². The van der Waals surface area contributed by atoms with E-state index in [0.717, 1.165) is 17.4 Å². The number of aryl methyl sites for hydroxylation is 1. The van der Waals surface area contributed by atoms with Gasteiger partial charge in [-0.15, -0.1) is 0 Å². The van der Waals surface area contributed by atoms with Gasteiger partial charge in [0.15, 0.2) is 15.8 Å². The first kappa shape index (κ1) is 23.2. The van der Waals surface area contributed by atoms with E-state index in [0.29, 0.717) is 27.1 Å². The quantitative estimate of drug-likeness (QED) is 0.227. The molecular formula is C23H17ClFN3O3S2. The van der Waals surface area contributed by atoms with Gasteiger partial charge in [-0.2, -0.15) is 9.37 Å². The molecule has 1 fully saturated rings. The molecule has 2 heterocycles. The zero-order valence-corrected chi connectivity index (χ0v) is 19.9. The number of thioether (sulfide) groups is 1. The molecule has 33 heavy (non-hydrogen) atoms. The van der Waals surface area contributed by atoms with Crippen molar-refractivity contribution in [1.82, 2.24) is 9.97 Å². The zero-order valence-electron chi connectivity index (χ0n) is 17.5. The van der Waals surface area contributed by atoms with Gasteiger partial charge in [0.2, 0.25) is 11.1 Å². The van der Waals surface area contributed by atoms with Crippen LogP contribution in [0.2, 0.25) is 5.28 Å². The molecule has 3 aromatic rings. The molecule has 0 N–H and O–H groups in total. The van der Waals surface area contributed by atoms with E-state index in [1.54, 1.807) is 24.3 Å². The summed E-state index contributed by atoms with van der Waals surface area (Å²) in [4.78, 5) is 22.4. The number of ether oxygens (including phenoxy) is 2. The average molecular weight is 502 g/mol. The minimum Gasteiger partial charge on any atom is -0.490 e. The van der Waals surface area contributed by atoms with E-state index in [-0.39, 0.29) is 22.8 Å². The second-order valence-electron chi connectivity index (χ2n) is 6.84. The first-order chi connectivity index (χ1) is 15.9. The second-order valence-corrected chi connectivity index (χ2v) is 8.85. The molecule has 0 unspecified atom stereocenters. The molecule has 0 atom stereocenters. The third-order valence-corrected chi connectivity index (χ3v) is 6.09. The van der Waals surface area contributed by atoms with Crippen molar-refractivity contribution in [3.05, 3.63) is 75.8 Å². The third kappa shape index (κ3) is 5.00. The van der Waals surface area contributed by atoms with Crippen LogP contribution in [0.5, 0.6) is 17.4 Å². The summed E-state index contributed by atoms with van der Waals surface area (Å²) in [6.45, 7) is 4.09. The number of halogens is 2. The van der Waals surface area contributed by atoms with Crippen LogP contribution in [0.4, 0.5) is 10.1 Å². The van der Waals surface area contributed by atoms with Gasteiger partial charge in [-0.1, -0.05) is 48.2 Å². The molecule has 1 aliphatic heterocycles. The fourth-order valence-electron chi connectivity index (χ4n) is 3.12. The lowest BCUT2D eigenvalue weighted by Gasteiger charge is -2.16. The fourth-order valence-corrected chi connectivity index (χ4v) is 4.53. The summed E-state index contributed by atoms with van der Waals surface area (Å²) < 4.78 is 25.7. The van der Waals surface area contributed by atoms with Crippen molar-refractivity contribution >= 4 is 57.6 Å². The number of benzene rings is 2. The Morgan fingerprint density at radius 3 is 2.79 bits per heavy atom. The van der Waals surface area contributed by atoms with Crippen LogP contribution in [0.15, 0.2) is 53.6 Å². The van der Waals surface area contributed by atoms with Crippen molar-refractivity contribution in [3.8, 4) is 17.4 Å². The van der Waals surface area contributed by atoms with Crippen LogP contribution in [-0.4, -0.2) is 26.8 Å². The molecule has 4 rings (SSSR count). The summed E-state index contributed by atoms with van der Waals surface area (Å²) in [5, 5.41) is -0.142. The number of carbonyl (C=O) groups is 1. The molecule has 0 radical (unpaired) electrons. The Labute approximate surface area is 204 Å². The molecular weight excluding hydrogens is 485 g/mol. The zero-order chi connectivity index (χ0) is 23.5. The predicted octanol–water partition coefficient (Wildman–Crippen LogP) is 6.17. The number of thiocarbonyl (C=S) groups is 1. The molecule has 0 bridgehead atoms. The normalized spacial score (nSPS) is 14.8. The standard InChI is InChI=1S/C23H17ClFN3O3S2/c1-3-30-18-10-14(8-9-17(18)31-20-15(25)12-26-22(24)27-20)11-19-21(29)28(23(32)33-19)16-7-5-4-6-13(16)2/h4-12H,3H2,1-2H3/b19-11+. The van der Waals surface area contributed by atoms with Crippen LogP contribution in [0, 0.1) is 12.7 Å². The molecule has 0 aliphatic carbocycles. The lowest BCUT2D eigenvalue weighted by Crippen LogP contribution is -2.28. The van der Waals surface area contributed by atoms with Gasteiger partial charge in [-0.25, -0.2) is 4.98 Å². The highest BCUT2D eigenvalue weighted by Gasteiger charge is 2.34. The number of carbonyl (C=O) groups excluding carboxylic acids is 1. The van der Waals surface area contributed by atoms with Crippen molar-refractivity contribution < 1.29 is 18.7 Å². The number of hydrogen-bond acceptors (Lipinski definition) is 7. The fraction of sp³-hybridized carbons (Fsp3) is 0.130. The highest BCUT2D eigenvalue weighted by atomic mass is 35.5. The topological polar surface area (TPSA) is 64.5 Å². The molecule has 10 heteroatoms. The Balaban J connectivity index is 1.64. The third-order valence-electron chi connectivity index (χ3n) is 4.60. The van der Waals surface area contributed by atoms with Crippen molar-refractivity contribution in [2.75, 3.05) is 11.5 Å². The summed E-state index contributed by atoms with van der Waals surface area (Å²) in [6.07, 6.45) is 2.65. The molecule has 0 saturated carbocycles. The molecule has 0 spiro atoms. The summed E-state index contributed by atoms with van der Waals surface area (Å²) in [6, 6.07) is 12.6. The van der Waals surface area contributed by atoms with Crippen LogP contribution < -0.4 is 14.4 Å². The van der Waals surface area contributed by atoms with Crippen LogP contribution in [-0.2, 0) is 4.79 Å². The number of rotatable bonds is 6. The maximum absolute atomic E-state index is 14.0. The number of nitrogens with zero attached hydrogens (tertiary/aromatic N) is 3. The van der Waals surface area contributed by atoms with Gasteiger partial charge in [0.05, 0.1) is 23.4 Å². The molecule has 168 valence electrons. The second kappa shape index (κ2) is 9.86. The van der Waals surface area contributed by atoms with Crippen LogP contribution >= 0.6 is 35.6 Å². The molecule has 6 nitrogen and oxygen atoms in total. The van der Waals surface area contributed by atoms with Crippen LogP contribution in [0.1, 0.15) is 18.1 Å². The highest BCUT2D eigenvalue weighted by molar-refractivity contribution is 8.27. The predicted molar refractivity (Wildman–Crippen MR) is 132 cm³/mol. The monoisotopic (exact) mass is 501 g/mol. The highest BCUT2D eigenvalue weighted by Crippen LogP contribution is 2.39. The first-order valence-corrected chi connectivity index (χ1v) is 11.4. The molecule has 1 saturated heterocycles. The van der Waals surface area contributed by atoms with E-state index >= 15 is 0 Å². The first-order valence-electron chi connectivity index (χ1n) is 9.83. The number of amides is 1. The lowest BCUT2D eigenvalue weighted by atomic mass is 10.1.